The molecular weight excluding hydrogens is 415 g/mol. The summed E-state index contributed by atoms with van der Waals surface area (Å²) in [6.07, 6.45) is 0. The molecule has 0 aromatic heterocycles. The molecule has 0 aliphatic carbocycles. The van der Waals surface area contributed by atoms with E-state index in [9.17, 15) is 14.9 Å². The number of halogens is 2. The molecule has 3 rings (SSSR count). The van der Waals surface area contributed by atoms with Crippen LogP contribution in [0, 0.1) is 11.3 Å². The van der Waals surface area contributed by atoms with Crippen LogP contribution >= 0.6 is 23.2 Å². The van der Waals surface area contributed by atoms with Gasteiger partial charge in [-0.1, -0.05) is 35.3 Å². The van der Waals surface area contributed by atoms with Crippen LogP contribution in [0.1, 0.15) is 10.4 Å². The van der Waals surface area contributed by atoms with E-state index in [1.807, 2.05) is 30.3 Å². The van der Waals surface area contributed by atoms with Gasteiger partial charge in [0.15, 0.2) is 6.61 Å². The van der Waals surface area contributed by atoms with E-state index in [4.69, 9.17) is 33.7 Å². The topological polar surface area (TPSA) is 99.7 Å². The zero-order chi connectivity index (χ0) is 21.3. The van der Waals surface area contributed by atoms with Gasteiger partial charge in [-0.3, -0.25) is 4.79 Å². The van der Waals surface area contributed by atoms with Crippen LogP contribution in [0.4, 0.5) is 17.1 Å². The zero-order valence-corrected chi connectivity index (χ0v) is 17.1. The Labute approximate surface area is 177 Å². The maximum absolute atomic E-state index is 12.7. The Balaban J connectivity index is 1.83. The summed E-state index contributed by atoms with van der Waals surface area (Å²) < 4.78 is 5.06. The number of para-hydroxylation sites is 2. The van der Waals surface area contributed by atoms with Gasteiger partial charge in [0, 0.05) is 19.1 Å². The molecule has 9 heteroatoms. The van der Waals surface area contributed by atoms with Gasteiger partial charge in [-0.25, -0.2) is 4.79 Å². The summed E-state index contributed by atoms with van der Waals surface area (Å²) in [5.74, 6) is -1.10. The highest BCUT2D eigenvalue weighted by Gasteiger charge is 2.31. The third-order valence-corrected chi connectivity index (χ3v) is 5.03. The summed E-state index contributed by atoms with van der Waals surface area (Å²) >= 11 is 11.8. The third-order valence-electron chi connectivity index (χ3n) is 4.50. The molecular formula is C20H16Cl2N4O3. The van der Waals surface area contributed by atoms with Crippen LogP contribution in [0.2, 0.25) is 10.0 Å². The van der Waals surface area contributed by atoms with E-state index in [1.165, 1.54) is 12.1 Å². The lowest BCUT2D eigenvalue weighted by Gasteiger charge is -2.19. The van der Waals surface area contributed by atoms with Gasteiger partial charge in [-0.2, -0.15) is 5.26 Å². The molecule has 0 spiro atoms. The molecule has 0 saturated carbocycles. The average molecular weight is 431 g/mol. The number of ketones is 1. The van der Waals surface area contributed by atoms with Crippen molar-refractivity contribution in [1.29, 1.82) is 5.26 Å². The maximum Gasteiger partial charge on any atom is 0.340 e. The normalized spacial score (nSPS) is 12.4. The molecule has 0 amide bonds. The summed E-state index contributed by atoms with van der Waals surface area (Å²) in [7, 11) is 3.51. The second-order valence-electron chi connectivity index (χ2n) is 6.27. The number of nitrogen functional groups attached to an aromatic ring is 1. The van der Waals surface area contributed by atoms with Crippen LogP contribution in [0.5, 0.6) is 0 Å². The highest BCUT2D eigenvalue weighted by molar-refractivity contribution is 6.37. The van der Waals surface area contributed by atoms with Crippen LogP contribution in [-0.4, -0.2) is 32.5 Å². The summed E-state index contributed by atoms with van der Waals surface area (Å²) in [6.45, 7) is -0.632. The first kappa shape index (κ1) is 20.5. The van der Waals surface area contributed by atoms with E-state index in [0.29, 0.717) is 5.82 Å². The van der Waals surface area contributed by atoms with Crippen molar-refractivity contribution in [3.8, 4) is 6.07 Å². The lowest BCUT2D eigenvalue weighted by atomic mass is 10.1. The molecule has 2 aromatic rings. The van der Waals surface area contributed by atoms with Crippen molar-refractivity contribution in [2.24, 2.45) is 0 Å². The highest BCUT2D eigenvalue weighted by atomic mass is 35.5. The fourth-order valence-corrected chi connectivity index (χ4v) is 3.59. The number of anilines is 3. The van der Waals surface area contributed by atoms with Gasteiger partial charge >= 0.3 is 5.97 Å². The van der Waals surface area contributed by atoms with Crippen LogP contribution in [0.3, 0.4) is 0 Å². The average Bonchev–Trinajstić information content (AvgIpc) is 2.95. The van der Waals surface area contributed by atoms with Gasteiger partial charge < -0.3 is 20.3 Å². The first-order valence-corrected chi connectivity index (χ1v) is 9.17. The van der Waals surface area contributed by atoms with Crippen molar-refractivity contribution in [1.82, 2.24) is 0 Å². The highest BCUT2D eigenvalue weighted by Crippen LogP contribution is 2.40. The Bertz CT molecular complexity index is 1060. The molecule has 1 heterocycles. The van der Waals surface area contributed by atoms with E-state index >= 15 is 0 Å². The SMILES string of the molecule is CN1C(=C(C#N)C(=O)COC(=O)c2cc(Cl)cc(Cl)c2N)N(C)c2ccccc21. The van der Waals surface area contributed by atoms with Gasteiger partial charge in [0.1, 0.15) is 17.5 Å². The van der Waals surface area contributed by atoms with E-state index in [1.54, 1.807) is 23.9 Å². The Hall–Kier alpha value is -3.21. The molecule has 0 saturated heterocycles. The molecule has 1 aliphatic rings. The number of nitrogens with zero attached hydrogens (tertiary/aromatic N) is 3. The molecule has 0 atom stereocenters. The number of hydrogen-bond donors (Lipinski definition) is 1. The van der Waals surface area contributed by atoms with Crippen LogP contribution in [0.15, 0.2) is 47.8 Å². The van der Waals surface area contributed by atoms with Gasteiger partial charge in [0.05, 0.1) is 27.6 Å². The summed E-state index contributed by atoms with van der Waals surface area (Å²) in [5.41, 5.74) is 7.30. The Morgan fingerprint density at radius 3 is 2.28 bits per heavy atom. The summed E-state index contributed by atoms with van der Waals surface area (Å²) in [5, 5.41) is 9.90. The lowest BCUT2D eigenvalue weighted by molar-refractivity contribution is -0.118. The van der Waals surface area contributed by atoms with Crippen LogP contribution in [0.25, 0.3) is 0 Å². The number of esters is 1. The quantitative estimate of drug-likeness (QED) is 0.342. The number of fused-ring (bicyclic) bond motifs is 1. The zero-order valence-electron chi connectivity index (χ0n) is 15.6. The maximum atomic E-state index is 12.7. The van der Waals surface area contributed by atoms with E-state index in [-0.39, 0.29) is 26.9 Å². The monoisotopic (exact) mass is 430 g/mol. The molecule has 0 radical (unpaired) electrons. The van der Waals surface area contributed by atoms with Crippen molar-refractivity contribution in [3.05, 3.63) is 63.4 Å². The first-order chi connectivity index (χ1) is 13.8. The predicted octanol–water partition coefficient (Wildman–Crippen LogP) is 3.62. The van der Waals surface area contributed by atoms with E-state index < -0.39 is 18.4 Å². The minimum atomic E-state index is -0.862. The number of hydrogen-bond acceptors (Lipinski definition) is 7. The number of ether oxygens (including phenoxy) is 1. The minimum absolute atomic E-state index is 0.00177. The van der Waals surface area contributed by atoms with E-state index in [0.717, 1.165) is 11.4 Å². The second kappa shape index (κ2) is 8.03. The smallest absolute Gasteiger partial charge is 0.340 e. The number of nitriles is 1. The van der Waals surface area contributed by atoms with Gasteiger partial charge in [-0.05, 0) is 24.3 Å². The predicted molar refractivity (Wildman–Crippen MR) is 112 cm³/mol. The van der Waals surface area contributed by atoms with Gasteiger partial charge in [-0.15, -0.1) is 0 Å². The number of carbonyl (C=O) groups is 2. The molecule has 2 N–H and O–H groups in total. The fraction of sp³-hybridized carbons (Fsp3) is 0.150. The van der Waals surface area contributed by atoms with Crippen molar-refractivity contribution in [3.63, 3.8) is 0 Å². The lowest BCUT2D eigenvalue weighted by Crippen LogP contribution is -2.28. The first-order valence-electron chi connectivity index (χ1n) is 8.42. The van der Waals surface area contributed by atoms with Gasteiger partial charge in [0.2, 0.25) is 5.78 Å². The van der Waals surface area contributed by atoms with Gasteiger partial charge in [0.25, 0.3) is 0 Å². The molecule has 1 aliphatic heterocycles. The molecule has 2 aromatic carbocycles. The summed E-state index contributed by atoms with van der Waals surface area (Å²) in [4.78, 5) is 28.5. The molecule has 0 unspecified atom stereocenters. The molecule has 29 heavy (non-hydrogen) atoms. The number of Topliss-reactive ketones (excluding diaryl/α,β-unsaturated/α-hetero) is 1. The molecule has 0 fully saturated rings. The molecule has 7 nitrogen and oxygen atoms in total. The number of benzene rings is 2. The Morgan fingerprint density at radius 2 is 1.72 bits per heavy atom. The van der Waals surface area contributed by atoms with Crippen molar-refractivity contribution in [2.45, 2.75) is 0 Å². The van der Waals surface area contributed by atoms with Crippen molar-refractivity contribution < 1.29 is 14.3 Å². The minimum Gasteiger partial charge on any atom is -0.454 e. The largest absolute Gasteiger partial charge is 0.454 e. The number of rotatable bonds is 4. The molecule has 0 bridgehead atoms. The van der Waals surface area contributed by atoms with Crippen LogP contribution in [-0.2, 0) is 9.53 Å². The van der Waals surface area contributed by atoms with Crippen LogP contribution < -0.4 is 15.5 Å². The fourth-order valence-electron chi connectivity index (χ4n) is 3.09. The summed E-state index contributed by atoms with van der Waals surface area (Å²) in [6, 6.07) is 12.1. The van der Waals surface area contributed by atoms with Crippen molar-refractivity contribution >= 4 is 52.0 Å². The molecule has 148 valence electrons. The Kier molecular flexibility index (Phi) is 5.69. The number of nitrogens with two attached hydrogens (primary N) is 1. The Morgan fingerprint density at radius 1 is 1.14 bits per heavy atom. The van der Waals surface area contributed by atoms with Crippen molar-refractivity contribution in [2.75, 3.05) is 36.2 Å². The second-order valence-corrected chi connectivity index (χ2v) is 7.11. The number of carbonyl (C=O) groups excluding carboxylic acids is 2. The third kappa shape index (κ3) is 3.73. The standard InChI is InChI=1S/C20H16Cl2N4O3/c1-25-15-5-3-4-6-16(15)26(2)19(25)13(9-23)17(27)10-29-20(28)12-7-11(21)8-14(22)18(12)24/h3-8H,10,24H2,1-2H3. The van der Waals surface area contributed by atoms with E-state index in [2.05, 4.69) is 0 Å².